The molecule has 1 N–H and O–H groups in total. The molecule has 2 saturated heterocycles. The molecule has 2 aliphatic rings. The lowest BCUT2D eigenvalue weighted by Crippen LogP contribution is -2.40. The summed E-state index contributed by atoms with van der Waals surface area (Å²) in [4.78, 5) is 30.5. The predicted octanol–water partition coefficient (Wildman–Crippen LogP) is 6.00. The van der Waals surface area contributed by atoms with Crippen molar-refractivity contribution < 1.29 is 9.59 Å². The Morgan fingerprint density at radius 2 is 1.63 bits per heavy atom. The van der Waals surface area contributed by atoms with Crippen LogP contribution in [0, 0.1) is 17.8 Å². The topological polar surface area (TPSA) is 52.7 Å². The van der Waals surface area contributed by atoms with E-state index in [9.17, 15) is 9.59 Å². The summed E-state index contributed by atoms with van der Waals surface area (Å²) >= 11 is 0. The fourth-order valence-electron chi connectivity index (χ4n) is 5.35. The molecule has 0 spiro atoms. The third kappa shape index (κ3) is 6.87. The number of anilines is 2. The van der Waals surface area contributed by atoms with Crippen LogP contribution in [0.15, 0.2) is 48.5 Å². The molecule has 2 heterocycles. The molecular weight excluding hydrogens is 434 g/mol. The lowest BCUT2D eigenvalue weighted by molar-refractivity contribution is -0.116. The van der Waals surface area contributed by atoms with Crippen LogP contribution in [0.25, 0.3) is 0 Å². The minimum atomic E-state index is -0.000303. The van der Waals surface area contributed by atoms with Gasteiger partial charge in [-0.1, -0.05) is 51.1 Å². The van der Waals surface area contributed by atoms with Crippen molar-refractivity contribution in [1.29, 1.82) is 0 Å². The molecule has 2 amide bonds. The van der Waals surface area contributed by atoms with Crippen LogP contribution < -0.4 is 10.2 Å². The fraction of sp³-hybridized carbons (Fsp3) is 0.533. The molecule has 5 nitrogen and oxygen atoms in total. The number of benzene rings is 2. The minimum absolute atomic E-state index is 0.000303. The van der Waals surface area contributed by atoms with Crippen molar-refractivity contribution in [3.63, 3.8) is 0 Å². The Bertz CT molecular complexity index is 988. The van der Waals surface area contributed by atoms with E-state index in [-0.39, 0.29) is 11.8 Å². The largest absolute Gasteiger partial charge is 0.371 e. The fourth-order valence-corrected chi connectivity index (χ4v) is 5.35. The Kier molecular flexibility index (Phi) is 8.48. The highest BCUT2D eigenvalue weighted by Gasteiger charge is 2.27. The van der Waals surface area contributed by atoms with E-state index in [1.807, 2.05) is 36.9 Å². The van der Waals surface area contributed by atoms with Gasteiger partial charge in [0.05, 0.1) is 5.56 Å². The van der Waals surface area contributed by atoms with E-state index < -0.39 is 0 Å². The molecule has 0 radical (unpaired) electrons. The number of hydrogen-bond acceptors (Lipinski definition) is 3. The number of hydrogen-bond donors (Lipinski definition) is 1. The van der Waals surface area contributed by atoms with Crippen molar-refractivity contribution in [1.82, 2.24) is 4.90 Å². The smallest absolute Gasteiger partial charge is 0.256 e. The Hall–Kier alpha value is -2.82. The highest BCUT2D eigenvalue weighted by molar-refractivity contribution is 6.02. The van der Waals surface area contributed by atoms with Crippen LogP contribution in [0.3, 0.4) is 0 Å². The highest BCUT2D eigenvalue weighted by atomic mass is 16.2. The first-order chi connectivity index (χ1) is 16.9. The van der Waals surface area contributed by atoms with Crippen LogP contribution in [-0.2, 0) is 11.2 Å². The van der Waals surface area contributed by atoms with Gasteiger partial charge < -0.3 is 15.1 Å². The normalized spacial score (nSPS) is 17.6. The molecule has 5 heteroatoms. The van der Waals surface area contributed by atoms with E-state index in [0.29, 0.717) is 29.9 Å². The summed E-state index contributed by atoms with van der Waals surface area (Å²) in [5, 5.41) is 3.01. The van der Waals surface area contributed by atoms with Crippen LogP contribution >= 0.6 is 0 Å². The third-order valence-corrected chi connectivity index (χ3v) is 7.50. The molecule has 0 unspecified atom stereocenters. The van der Waals surface area contributed by atoms with Gasteiger partial charge in [0.15, 0.2) is 0 Å². The summed E-state index contributed by atoms with van der Waals surface area (Å²) in [7, 11) is 0. The molecule has 2 aromatic rings. The zero-order valence-corrected chi connectivity index (χ0v) is 21.6. The van der Waals surface area contributed by atoms with E-state index in [0.717, 1.165) is 69.5 Å². The second-order valence-corrected chi connectivity index (χ2v) is 11.0. The van der Waals surface area contributed by atoms with Crippen molar-refractivity contribution in [3.05, 3.63) is 59.7 Å². The second-order valence-electron chi connectivity index (χ2n) is 11.0. The number of carbonyl (C=O) groups is 2. The molecule has 0 aromatic heterocycles. The Morgan fingerprint density at radius 1 is 0.943 bits per heavy atom. The molecule has 2 aliphatic heterocycles. The van der Waals surface area contributed by atoms with Gasteiger partial charge in [-0.2, -0.15) is 0 Å². The summed E-state index contributed by atoms with van der Waals surface area (Å²) in [6.07, 6.45) is 5.94. The van der Waals surface area contributed by atoms with Gasteiger partial charge in [-0.15, -0.1) is 0 Å². The van der Waals surface area contributed by atoms with Crippen LogP contribution in [0.2, 0.25) is 0 Å². The SMILES string of the molecule is CC(C)CC(=O)Nc1ccc(N2CCC(Cc3ccccc3)CC2)c(C(=O)N2CCC(C)CC2)c1. The molecule has 188 valence electrons. The zero-order chi connectivity index (χ0) is 24.8. The van der Waals surface area contributed by atoms with Crippen molar-refractivity contribution in [2.45, 2.75) is 59.3 Å². The Balaban J connectivity index is 1.50. The van der Waals surface area contributed by atoms with Gasteiger partial charge in [0, 0.05) is 44.0 Å². The van der Waals surface area contributed by atoms with E-state index in [2.05, 4.69) is 47.5 Å². The first-order valence-corrected chi connectivity index (χ1v) is 13.4. The first kappa shape index (κ1) is 25.3. The van der Waals surface area contributed by atoms with Crippen LogP contribution in [0.5, 0.6) is 0 Å². The first-order valence-electron chi connectivity index (χ1n) is 13.4. The van der Waals surface area contributed by atoms with Gasteiger partial charge >= 0.3 is 0 Å². The minimum Gasteiger partial charge on any atom is -0.371 e. The number of likely N-dealkylation sites (tertiary alicyclic amines) is 1. The Morgan fingerprint density at radius 3 is 2.29 bits per heavy atom. The molecule has 0 saturated carbocycles. The maximum absolute atomic E-state index is 13.7. The maximum Gasteiger partial charge on any atom is 0.256 e. The van der Waals surface area contributed by atoms with Crippen molar-refractivity contribution in [3.8, 4) is 0 Å². The summed E-state index contributed by atoms with van der Waals surface area (Å²) in [6, 6.07) is 16.6. The molecule has 2 aromatic carbocycles. The van der Waals surface area contributed by atoms with Crippen molar-refractivity contribution in [2.24, 2.45) is 17.8 Å². The summed E-state index contributed by atoms with van der Waals surface area (Å²) < 4.78 is 0. The average molecular weight is 476 g/mol. The van der Waals surface area contributed by atoms with E-state index in [1.165, 1.54) is 5.56 Å². The number of rotatable bonds is 7. The van der Waals surface area contributed by atoms with Gasteiger partial charge in [-0.25, -0.2) is 0 Å². The summed E-state index contributed by atoms with van der Waals surface area (Å²) in [5.41, 5.74) is 3.85. The van der Waals surface area contributed by atoms with Crippen LogP contribution in [0.1, 0.15) is 68.8 Å². The van der Waals surface area contributed by atoms with Crippen LogP contribution in [0.4, 0.5) is 11.4 Å². The van der Waals surface area contributed by atoms with Gasteiger partial charge in [-0.05, 0) is 73.6 Å². The molecule has 35 heavy (non-hydrogen) atoms. The number of nitrogens with one attached hydrogen (secondary N) is 1. The quantitative estimate of drug-likeness (QED) is 0.534. The summed E-state index contributed by atoms with van der Waals surface area (Å²) in [5.74, 6) is 1.73. The van der Waals surface area contributed by atoms with Gasteiger partial charge in [0.2, 0.25) is 5.91 Å². The van der Waals surface area contributed by atoms with Crippen molar-refractivity contribution >= 4 is 23.2 Å². The molecular formula is C30H41N3O2. The Labute approximate surface area is 210 Å². The number of piperidine rings is 2. The highest BCUT2D eigenvalue weighted by Crippen LogP contribution is 2.32. The van der Waals surface area contributed by atoms with E-state index in [1.54, 1.807) is 0 Å². The zero-order valence-electron chi connectivity index (χ0n) is 21.6. The average Bonchev–Trinajstić information content (AvgIpc) is 2.85. The monoisotopic (exact) mass is 475 g/mol. The maximum atomic E-state index is 13.7. The van der Waals surface area contributed by atoms with Crippen LogP contribution in [-0.4, -0.2) is 42.9 Å². The molecule has 0 bridgehead atoms. The van der Waals surface area contributed by atoms with Crippen molar-refractivity contribution in [2.75, 3.05) is 36.4 Å². The molecule has 0 aliphatic carbocycles. The molecule has 4 rings (SSSR count). The van der Waals surface area contributed by atoms with E-state index >= 15 is 0 Å². The molecule has 0 atom stereocenters. The lowest BCUT2D eigenvalue weighted by Gasteiger charge is -2.36. The summed E-state index contributed by atoms with van der Waals surface area (Å²) in [6.45, 7) is 9.86. The molecule has 2 fully saturated rings. The number of nitrogens with zero attached hydrogens (tertiary/aromatic N) is 2. The van der Waals surface area contributed by atoms with E-state index in [4.69, 9.17) is 0 Å². The van der Waals surface area contributed by atoms with Gasteiger partial charge in [0.1, 0.15) is 0 Å². The number of amides is 2. The second kappa shape index (κ2) is 11.7. The standard InChI is InChI=1S/C30H41N3O2/c1-22(2)19-29(34)31-26-9-10-28(27(21-26)30(35)33-15-11-23(3)12-16-33)32-17-13-25(14-18-32)20-24-7-5-4-6-8-24/h4-10,21-23,25H,11-20H2,1-3H3,(H,31,34). The third-order valence-electron chi connectivity index (χ3n) is 7.50. The predicted molar refractivity (Wildman–Crippen MR) is 144 cm³/mol. The number of carbonyl (C=O) groups excluding carboxylic acids is 2. The van der Waals surface area contributed by atoms with Gasteiger partial charge in [-0.3, -0.25) is 9.59 Å². The lowest BCUT2D eigenvalue weighted by atomic mass is 9.89. The van der Waals surface area contributed by atoms with Gasteiger partial charge in [0.25, 0.3) is 5.91 Å².